The van der Waals surface area contributed by atoms with Gasteiger partial charge < -0.3 is 5.32 Å². The van der Waals surface area contributed by atoms with Crippen LogP contribution in [-0.4, -0.2) is 10.2 Å². The van der Waals surface area contributed by atoms with E-state index in [0.717, 1.165) is 23.0 Å². The molecule has 120 valence electrons. The molecule has 0 unspecified atom stereocenters. The number of H-pyrrole nitrogens is 1. The second-order valence-electron chi connectivity index (χ2n) is 4.24. The van der Waals surface area contributed by atoms with Gasteiger partial charge >= 0.3 is 0 Å². The van der Waals surface area contributed by atoms with Gasteiger partial charge in [-0.1, -0.05) is 40.0 Å². The first-order valence-electron chi connectivity index (χ1n) is 7.39. The van der Waals surface area contributed by atoms with Crippen LogP contribution in [0.1, 0.15) is 33.3 Å². The van der Waals surface area contributed by atoms with Crippen LogP contribution in [0, 0.1) is 0 Å². The van der Waals surface area contributed by atoms with Crippen molar-refractivity contribution < 1.29 is 4.39 Å². The summed E-state index contributed by atoms with van der Waals surface area (Å²) in [7, 11) is 0. The van der Waals surface area contributed by atoms with Gasteiger partial charge in [-0.05, 0) is 37.1 Å². The van der Waals surface area contributed by atoms with Crippen LogP contribution in [0.4, 0.5) is 10.1 Å². The van der Waals surface area contributed by atoms with Gasteiger partial charge in [0.1, 0.15) is 0 Å². The first-order valence-corrected chi connectivity index (χ1v) is 7.39. The molecule has 2 N–H and O–H groups in total. The highest BCUT2D eigenvalue weighted by Gasteiger charge is 2.03. The Balaban J connectivity index is 0.000000640. The smallest absolute Gasteiger partial charge is 0.0897 e. The van der Waals surface area contributed by atoms with E-state index in [4.69, 9.17) is 0 Å². The third kappa shape index (κ3) is 6.88. The predicted molar refractivity (Wildman–Crippen MR) is 95.7 cm³/mol. The molecule has 2 aromatic rings. The molecule has 0 saturated carbocycles. The summed E-state index contributed by atoms with van der Waals surface area (Å²) in [5, 5.41) is 11.4. The van der Waals surface area contributed by atoms with Gasteiger partial charge in [0.05, 0.1) is 17.5 Å². The molecule has 0 bridgehead atoms. The average Bonchev–Trinajstić information content (AvgIpc) is 2.95. The molecule has 0 atom stereocenters. The van der Waals surface area contributed by atoms with Crippen molar-refractivity contribution in [3.8, 4) is 0 Å². The van der Waals surface area contributed by atoms with Crippen molar-refractivity contribution in [3.63, 3.8) is 0 Å². The van der Waals surface area contributed by atoms with Crippen LogP contribution >= 0.6 is 0 Å². The zero-order chi connectivity index (χ0) is 17.0. The number of fused-ring (bicyclic) bond motifs is 1. The molecule has 0 aliphatic carbocycles. The highest BCUT2D eigenvalue weighted by molar-refractivity contribution is 5.83. The van der Waals surface area contributed by atoms with E-state index in [-0.39, 0.29) is 5.83 Å². The molecular weight excluding hydrogens is 277 g/mol. The van der Waals surface area contributed by atoms with Gasteiger partial charge in [0.15, 0.2) is 0 Å². The minimum absolute atomic E-state index is 0.333. The van der Waals surface area contributed by atoms with Gasteiger partial charge in [-0.3, -0.25) is 5.10 Å². The molecule has 2 rings (SSSR count). The van der Waals surface area contributed by atoms with Crippen molar-refractivity contribution in [2.45, 2.75) is 34.1 Å². The number of aromatic amines is 1. The second-order valence-corrected chi connectivity index (χ2v) is 4.24. The highest BCUT2D eigenvalue weighted by Crippen LogP contribution is 2.23. The van der Waals surface area contributed by atoms with Crippen molar-refractivity contribution in [1.82, 2.24) is 10.2 Å². The van der Waals surface area contributed by atoms with Crippen LogP contribution in [0.5, 0.6) is 0 Å². The summed E-state index contributed by atoms with van der Waals surface area (Å²) in [5.41, 5.74) is 3.47. The van der Waals surface area contributed by atoms with Gasteiger partial charge in [-0.25, -0.2) is 4.39 Å². The van der Waals surface area contributed by atoms with Crippen molar-refractivity contribution in [3.05, 3.63) is 61.2 Å². The topological polar surface area (TPSA) is 40.7 Å². The lowest BCUT2D eigenvalue weighted by molar-refractivity contribution is 0.645. The normalized spacial score (nSPS) is 9.50. The Morgan fingerprint density at radius 2 is 2.05 bits per heavy atom. The van der Waals surface area contributed by atoms with Crippen molar-refractivity contribution in [2.75, 3.05) is 5.32 Å². The molecule has 0 radical (unpaired) electrons. The molecule has 22 heavy (non-hydrogen) atoms. The monoisotopic (exact) mass is 303 g/mol. The maximum absolute atomic E-state index is 10.8. The molecule has 0 spiro atoms. The number of allylic oxidation sites excluding steroid dienone is 3. The number of nitrogens with zero attached hydrogens (tertiary/aromatic N) is 1. The Labute approximate surface area is 132 Å². The van der Waals surface area contributed by atoms with E-state index in [9.17, 15) is 4.39 Å². The first kappa shape index (κ1) is 19.6. The fourth-order valence-electron chi connectivity index (χ4n) is 1.67. The highest BCUT2D eigenvalue weighted by atomic mass is 19.1. The number of anilines is 1. The number of aryl methyl sites for hydroxylation is 1. The van der Waals surface area contributed by atoms with E-state index in [1.807, 2.05) is 32.3 Å². The summed E-state index contributed by atoms with van der Waals surface area (Å²) in [4.78, 5) is 0. The fourth-order valence-corrected chi connectivity index (χ4v) is 1.67. The van der Waals surface area contributed by atoms with Crippen molar-refractivity contribution in [1.29, 1.82) is 0 Å². The molecule has 0 aliphatic rings. The van der Waals surface area contributed by atoms with E-state index in [0.29, 0.717) is 0 Å². The number of hydrogen-bond acceptors (Lipinski definition) is 2. The summed E-state index contributed by atoms with van der Waals surface area (Å²) in [6.45, 7) is 14.0. The minimum atomic E-state index is -0.333. The molecule has 0 amide bonds. The van der Waals surface area contributed by atoms with Gasteiger partial charge in [0.25, 0.3) is 0 Å². The van der Waals surface area contributed by atoms with Crippen LogP contribution in [0.15, 0.2) is 55.7 Å². The number of aromatic nitrogens is 2. The largest absolute Gasteiger partial charge is 0.361 e. The molecule has 1 aromatic heterocycles. The maximum Gasteiger partial charge on any atom is 0.0897 e. The molecule has 1 heterocycles. The van der Waals surface area contributed by atoms with E-state index in [1.54, 1.807) is 6.08 Å². The van der Waals surface area contributed by atoms with Crippen LogP contribution in [-0.2, 0) is 6.42 Å². The fraction of sp³-hybridized carbons (Fsp3) is 0.278. The van der Waals surface area contributed by atoms with Crippen LogP contribution in [0.25, 0.3) is 10.9 Å². The molecule has 0 fully saturated rings. The number of benzene rings is 1. The number of rotatable bonds is 4. The van der Waals surface area contributed by atoms with Crippen LogP contribution in [0.3, 0.4) is 0 Å². The standard InChI is InChI=1S/C13H15N3.C3H5F.C2H6/c1-3-5-6-14-12-8-11-9-15-16-13(11)7-10(12)4-2;1-3(2)4;1-2/h3,5-9,14H,1,4H2,2H3,(H,15,16);1H2,2H3;1-2H3/b6-5+;;. The lowest BCUT2D eigenvalue weighted by atomic mass is 10.1. The maximum atomic E-state index is 10.8. The Kier molecular flexibility index (Phi) is 10.1. The molecule has 4 heteroatoms. The number of halogens is 1. The van der Waals surface area contributed by atoms with E-state index in [1.165, 1.54) is 12.5 Å². The summed E-state index contributed by atoms with van der Waals surface area (Å²) in [6, 6.07) is 4.23. The Bertz CT molecular complexity index is 608. The second kappa shape index (κ2) is 11.3. The average molecular weight is 303 g/mol. The summed E-state index contributed by atoms with van der Waals surface area (Å²) >= 11 is 0. The molecule has 3 nitrogen and oxygen atoms in total. The molecular formula is C18H26FN3. The van der Waals surface area contributed by atoms with E-state index in [2.05, 4.69) is 47.7 Å². The summed E-state index contributed by atoms with van der Waals surface area (Å²) in [6.07, 6.45) is 8.32. The third-order valence-electron chi connectivity index (χ3n) is 2.52. The zero-order valence-electron chi connectivity index (χ0n) is 13.9. The van der Waals surface area contributed by atoms with Crippen molar-refractivity contribution in [2.24, 2.45) is 0 Å². The minimum Gasteiger partial charge on any atom is -0.361 e. The lowest BCUT2D eigenvalue weighted by Gasteiger charge is -2.07. The van der Waals surface area contributed by atoms with E-state index < -0.39 is 0 Å². The van der Waals surface area contributed by atoms with Crippen LogP contribution in [0.2, 0.25) is 0 Å². The third-order valence-corrected chi connectivity index (χ3v) is 2.52. The molecule has 1 aromatic carbocycles. The van der Waals surface area contributed by atoms with Gasteiger partial charge in [-0.2, -0.15) is 5.10 Å². The Morgan fingerprint density at radius 3 is 2.59 bits per heavy atom. The van der Waals surface area contributed by atoms with Gasteiger partial charge in [0, 0.05) is 17.3 Å². The summed E-state index contributed by atoms with van der Waals surface area (Å²) in [5.74, 6) is -0.333. The van der Waals surface area contributed by atoms with Gasteiger partial charge in [-0.15, -0.1) is 0 Å². The van der Waals surface area contributed by atoms with Crippen molar-refractivity contribution >= 4 is 16.6 Å². The molecule has 0 saturated heterocycles. The first-order chi connectivity index (χ1) is 10.6. The predicted octanol–water partition coefficient (Wildman–Crippen LogP) is 5.75. The Hall–Kier alpha value is -2.36. The van der Waals surface area contributed by atoms with Gasteiger partial charge in [0.2, 0.25) is 0 Å². The number of nitrogens with one attached hydrogen (secondary N) is 2. The lowest BCUT2D eigenvalue weighted by Crippen LogP contribution is -1.93. The summed E-state index contributed by atoms with van der Waals surface area (Å²) < 4.78 is 10.8. The van der Waals surface area contributed by atoms with E-state index >= 15 is 0 Å². The Morgan fingerprint density at radius 1 is 1.41 bits per heavy atom. The zero-order valence-corrected chi connectivity index (χ0v) is 13.9. The number of hydrogen-bond donors (Lipinski definition) is 2. The van der Waals surface area contributed by atoms with Crippen LogP contribution < -0.4 is 5.32 Å². The quantitative estimate of drug-likeness (QED) is 0.706. The molecule has 0 aliphatic heterocycles. The SMILES string of the molecule is C=C(C)F.C=C/C=C/Nc1cc2cn[nH]c2cc1CC.CC.